The molecule has 0 fully saturated rings. The average Bonchev–Trinajstić information content (AvgIpc) is 2.88. The third-order valence-corrected chi connectivity index (χ3v) is 2.54. The Bertz CT molecular complexity index is 587. The molecule has 8 heteroatoms. The number of benzene rings is 1. The second-order valence-electron chi connectivity index (χ2n) is 3.65. The number of halogens is 1. The Morgan fingerprint density at radius 2 is 2.21 bits per heavy atom. The largest absolute Gasteiger partial charge is 0.474 e. The van der Waals surface area contributed by atoms with E-state index in [9.17, 15) is 10.1 Å². The summed E-state index contributed by atoms with van der Waals surface area (Å²) in [4.78, 5) is 10.3. The maximum atomic E-state index is 10.8. The van der Waals surface area contributed by atoms with Crippen LogP contribution in [0.2, 0.25) is 0 Å². The number of nitro groups is 1. The normalized spacial score (nSPS) is 12.1. The van der Waals surface area contributed by atoms with Gasteiger partial charge in [0.25, 0.3) is 5.89 Å². The lowest BCUT2D eigenvalue weighted by Gasteiger charge is -2.10. The third kappa shape index (κ3) is 3.00. The van der Waals surface area contributed by atoms with Gasteiger partial charge >= 0.3 is 5.69 Å². The van der Waals surface area contributed by atoms with Crippen LogP contribution in [0.3, 0.4) is 0 Å². The van der Waals surface area contributed by atoms with Gasteiger partial charge in [-0.05, 0) is 13.0 Å². The fraction of sp³-hybridized carbons (Fsp3) is 0.273. The highest BCUT2D eigenvalue weighted by atomic mass is 35.5. The highest BCUT2D eigenvalue weighted by Crippen LogP contribution is 2.30. The molecular weight excluding hydrogens is 274 g/mol. The Kier molecular flexibility index (Phi) is 3.96. The third-order valence-electron chi connectivity index (χ3n) is 2.31. The van der Waals surface area contributed by atoms with E-state index in [4.69, 9.17) is 20.8 Å². The summed E-state index contributed by atoms with van der Waals surface area (Å²) >= 11 is 5.55. The van der Waals surface area contributed by atoms with Crippen molar-refractivity contribution in [2.75, 3.05) is 0 Å². The fourth-order valence-electron chi connectivity index (χ4n) is 1.43. The molecule has 0 saturated carbocycles. The van der Waals surface area contributed by atoms with Crippen molar-refractivity contribution in [1.82, 2.24) is 10.2 Å². The van der Waals surface area contributed by atoms with Crippen molar-refractivity contribution in [2.45, 2.75) is 18.9 Å². The zero-order chi connectivity index (χ0) is 13.8. The lowest BCUT2D eigenvalue weighted by atomic mass is 10.3. The second kappa shape index (κ2) is 5.66. The van der Waals surface area contributed by atoms with Gasteiger partial charge in [-0.15, -0.1) is 21.8 Å². The van der Waals surface area contributed by atoms with Crippen LogP contribution in [0.4, 0.5) is 5.69 Å². The maximum Gasteiger partial charge on any atom is 0.310 e. The molecule has 100 valence electrons. The van der Waals surface area contributed by atoms with E-state index in [1.54, 1.807) is 19.1 Å². The summed E-state index contributed by atoms with van der Waals surface area (Å²) in [5.41, 5.74) is -0.119. The molecule has 0 spiro atoms. The molecule has 1 atom stereocenters. The van der Waals surface area contributed by atoms with Gasteiger partial charge in [0.2, 0.25) is 5.89 Å². The maximum absolute atomic E-state index is 10.8. The van der Waals surface area contributed by atoms with Crippen molar-refractivity contribution >= 4 is 17.3 Å². The molecular formula is C11H10ClN3O4. The van der Waals surface area contributed by atoms with Crippen molar-refractivity contribution in [3.05, 3.63) is 46.2 Å². The number of nitrogens with zero attached hydrogens (tertiary/aromatic N) is 3. The molecule has 2 rings (SSSR count). The summed E-state index contributed by atoms with van der Waals surface area (Å²) in [6.07, 6.45) is -0.606. The first-order chi connectivity index (χ1) is 9.11. The second-order valence-corrected chi connectivity index (χ2v) is 3.92. The molecule has 0 aliphatic carbocycles. The monoisotopic (exact) mass is 283 g/mol. The summed E-state index contributed by atoms with van der Waals surface area (Å²) in [5, 5.41) is 18.3. The summed E-state index contributed by atoms with van der Waals surface area (Å²) in [6, 6.07) is 6.08. The van der Waals surface area contributed by atoms with E-state index in [2.05, 4.69) is 10.2 Å². The molecule has 0 bridgehead atoms. The Hall–Kier alpha value is -2.15. The van der Waals surface area contributed by atoms with Gasteiger partial charge in [-0.25, -0.2) is 0 Å². The van der Waals surface area contributed by atoms with E-state index in [-0.39, 0.29) is 29.1 Å². The van der Waals surface area contributed by atoms with Crippen LogP contribution < -0.4 is 4.74 Å². The SMILES string of the molecule is CC(Oc1ccccc1[N+](=O)[O-])c1nnc(CCl)o1. The molecule has 7 nitrogen and oxygen atoms in total. The molecule has 0 radical (unpaired) electrons. The number of ether oxygens (including phenoxy) is 1. The van der Waals surface area contributed by atoms with E-state index in [1.807, 2.05) is 0 Å². The fourth-order valence-corrected chi connectivity index (χ4v) is 1.54. The zero-order valence-electron chi connectivity index (χ0n) is 9.95. The molecule has 0 N–H and O–H groups in total. The predicted octanol–water partition coefficient (Wildman–Crippen LogP) is 2.86. The van der Waals surface area contributed by atoms with Crippen molar-refractivity contribution in [3.8, 4) is 5.75 Å². The highest BCUT2D eigenvalue weighted by Gasteiger charge is 2.20. The Balaban J connectivity index is 2.19. The molecule has 19 heavy (non-hydrogen) atoms. The van der Waals surface area contributed by atoms with E-state index >= 15 is 0 Å². The number of hydrogen-bond donors (Lipinski definition) is 0. The van der Waals surface area contributed by atoms with Crippen LogP contribution in [0, 0.1) is 10.1 Å². The van der Waals surface area contributed by atoms with Crippen LogP contribution in [-0.2, 0) is 5.88 Å². The quantitative estimate of drug-likeness (QED) is 0.476. The molecule has 2 aromatic rings. The van der Waals surface area contributed by atoms with Crippen molar-refractivity contribution in [2.24, 2.45) is 0 Å². The average molecular weight is 284 g/mol. The van der Waals surface area contributed by atoms with Crippen LogP contribution in [0.15, 0.2) is 28.7 Å². The molecule has 1 aromatic heterocycles. The van der Waals surface area contributed by atoms with Crippen molar-refractivity contribution < 1.29 is 14.1 Å². The van der Waals surface area contributed by atoms with Gasteiger partial charge in [-0.1, -0.05) is 12.1 Å². The summed E-state index contributed by atoms with van der Waals surface area (Å²) in [7, 11) is 0. The van der Waals surface area contributed by atoms with Crippen LogP contribution in [-0.4, -0.2) is 15.1 Å². The van der Waals surface area contributed by atoms with Crippen molar-refractivity contribution in [1.29, 1.82) is 0 Å². The Morgan fingerprint density at radius 3 is 2.84 bits per heavy atom. The van der Waals surface area contributed by atoms with E-state index in [1.165, 1.54) is 12.1 Å². The summed E-state index contributed by atoms with van der Waals surface area (Å²) < 4.78 is 10.7. The van der Waals surface area contributed by atoms with Gasteiger partial charge in [-0.2, -0.15) is 0 Å². The minimum Gasteiger partial charge on any atom is -0.474 e. The van der Waals surface area contributed by atoms with Crippen LogP contribution in [0.5, 0.6) is 5.75 Å². The first-order valence-electron chi connectivity index (χ1n) is 5.40. The lowest BCUT2D eigenvalue weighted by Crippen LogP contribution is -2.05. The molecule has 0 aliphatic heterocycles. The Labute approximate surface area is 113 Å². The minimum atomic E-state index is -0.606. The highest BCUT2D eigenvalue weighted by molar-refractivity contribution is 6.16. The van der Waals surface area contributed by atoms with Gasteiger partial charge in [0.15, 0.2) is 11.9 Å². The number of rotatable bonds is 5. The minimum absolute atomic E-state index is 0.102. The molecule has 0 saturated heterocycles. The molecule has 0 amide bonds. The van der Waals surface area contributed by atoms with Gasteiger partial charge < -0.3 is 9.15 Å². The number of alkyl halides is 1. The smallest absolute Gasteiger partial charge is 0.310 e. The Morgan fingerprint density at radius 1 is 1.47 bits per heavy atom. The topological polar surface area (TPSA) is 91.3 Å². The zero-order valence-corrected chi connectivity index (χ0v) is 10.7. The summed E-state index contributed by atoms with van der Waals surface area (Å²) in [5.74, 6) is 0.736. The van der Waals surface area contributed by atoms with Crippen molar-refractivity contribution in [3.63, 3.8) is 0 Å². The molecule has 1 heterocycles. The molecule has 0 aliphatic rings. The van der Waals surface area contributed by atoms with Gasteiger partial charge in [0.05, 0.1) is 4.92 Å². The number of para-hydroxylation sites is 2. The number of aromatic nitrogens is 2. The van der Waals surface area contributed by atoms with E-state index < -0.39 is 11.0 Å². The number of hydrogen-bond acceptors (Lipinski definition) is 6. The van der Waals surface area contributed by atoms with Crippen LogP contribution >= 0.6 is 11.6 Å². The van der Waals surface area contributed by atoms with Gasteiger partial charge in [0, 0.05) is 6.07 Å². The predicted molar refractivity (Wildman–Crippen MR) is 66.0 cm³/mol. The lowest BCUT2D eigenvalue weighted by molar-refractivity contribution is -0.386. The standard InChI is InChI=1S/C11H10ClN3O4/c1-7(11-14-13-10(6-12)19-11)18-9-5-3-2-4-8(9)15(16)17/h2-5,7H,6H2,1H3. The molecule has 1 unspecified atom stereocenters. The van der Waals surface area contributed by atoms with Gasteiger partial charge in [0.1, 0.15) is 5.88 Å². The first kappa shape index (κ1) is 13.3. The molecule has 1 aromatic carbocycles. The van der Waals surface area contributed by atoms with E-state index in [0.29, 0.717) is 0 Å². The number of nitro benzene ring substituents is 1. The van der Waals surface area contributed by atoms with Crippen LogP contribution in [0.1, 0.15) is 24.8 Å². The van der Waals surface area contributed by atoms with E-state index in [0.717, 1.165) is 0 Å². The van der Waals surface area contributed by atoms with Crippen LogP contribution in [0.25, 0.3) is 0 Å². The summed E-state index contributed by atoms with van der Waals surface area (Å²) in [6.45, 7) is 1.66. The van der Waals surface area contributed by atoms with Gasteiger partial charge in [-0.3, -0.25) is 10.1 Å². The first-order valence-corrected chi connectivity index (χ1v) is 5.93.